The van der Waals surface area contributed by atoms with Gasteiger partial charge < -0.3 is 15.0 Å². The summed E-state index contributed by atoms with van der Waals surface area (Å²) in [4.78, 5) is 2.34. The van der Waals surface area contributed by atoms with Crippen LogP contribution in [0.4, 0.5) is 0 Å². The Bertz CT molecular complexity index is 366. The summed E-state index contributed by atoms with van der Waals surface area (Å²) in [6.07, 6.45) is 6.45. The van der Waals surface area contributed by atoms with Crippen LogP contribution < -0.4 is 5.32 Å². The lowest BCUT2D eigenvalue weighted by Crippen LogP contribution is -2.50. The molecule has 5 nitrogen and oxygen atoms in total. The monoisotopic (exact) mass is 252 g/mol. The molecule has 1 saturated heterocycles. The lowest BCUT2D eigenvalue weighted by molar-refractivity contribution is -0.0385. The minimum Gasteiger partial charge on any atom is -0.374 e. The minimum absolute atomic E-state index is 0.297. The van der Waals surface area contributed by atoms with Gasteiger partial charge in [-0.25, -0.2) is 0 Å². The molecule has 2 unspecified atom stereocenters. The number of aromatic nitrogens is 2. The number of nitrogens with zero attached hydrogens (tertiary/aromatic N) is 3. The first-order valence-corrected chi connectivity index (χ1v) is 6.64. The second-order valence-electron chi connectivity index (χ2n) is 5.13. The third-order valence-electron chi connectivity index (χ3n) is 3.62. The molecule has 1 N–H and O–H groups in total. The summed E-state index contributed by atoms with van der Waals surface area (Å²) in [7, 11) is 6.13. The second kappa shape index (κ2) is 6.31. The topological polar surface area (TPSA) is 42.3 Å². The number of nitrogens with one attached hydrogen (secondary N) is 1. The van der Waals surface area contributed by atoms with E-state index in [1.165, 1.54) is 5.56 Å². The van der Waals surface area contributed by atoms with Crippen LogP contribution in [0, 0.1) is 0 Å². The van der Waals surface area contributed by atoms with Crippen LogP contribution in [-0.4, -0.2) is 60.6 Å². The van der Waals surface area contributed by atoms with Crippen molar-refractivity contribution in [3.05, 3.63) is 18.0 Å². The molecule has 1 fully saturated rings. The number of morpholine rings is 1. The molecule has 1 aliphatic rings. The van der Waals surface area contributed by atoms with Gasteiger partial charge in [0.05, 0.1) is 18.9 Å². The highest BCUT2D eigenvalue weighted by atomic mass is 16.5. The van der Waals surface area contributed by atoms with Crippen molar-refractivity contribution in [1.29, 1.82) is 0 Å². The molecule has 5 heteroatoms. The number of rotatable bonds is 5. The summed E-state index contributed by atoms with van der Waals surface area (Å²) >= 11 is 0. The highest BCUT2D eigenvalue weighted by Crippen LogP contribution is 2.13. The van der Waals surface area contributed by atoms with Crippen molar-refractivity contribution in [1.82, 2.24) is 20.0 Å². The van der Waals surface area contributed by atoms with Crippen molar-refractivity contribution >= 4 is 0 Å². The fraction of sp³-hybridized carbons (Fsp3) is 0.769. The van der Waals surface area contributed by atoms with Crippen molar-refractivity contribution in [3.63, 3.8) is 0 Å². The van der Waals surface area contributed by atoms with Gasteiger partial charge in [-0.05, 0) is 32.5 Å². The molecule has 2 rings (SSSR count). The molecular formula is C13H24N4O. The number of hydrogen-bond donors (Lipinski definition) is 1. The average Bonchev–Trinajstić information content (AvgIpc) is 2.76. The standard InChI is InChI=1S/C13H24N4O/c1-14-12(13-10-16(2)6-7-18-13)5-4-11-8-15-17(3)9-11/h8-9,12-14H,4-7,10H2,1-3H3. The Kier molecular flexibility index (Phi) is 4.74. The first-order chi connectivity index (χ1) is 8.69. The Hall–Kier alpha value is -0.910. The van der Waals surface area contributed by atoms with Crippen LogP contribution in [0.3, 0.4) is 0 Å². The van der Waals surface area contributed by atoms with Gasteiger partial charge in [0.15, 0.2) is 0 Å². The van der Waals surface area contributed by atoms with E-state index in [2.05, 4.69) is 28.6 Å². The molecular weight excluding hydrogens is 228 g/mol. The first-order valence-electron chi connectivity index (χ1n) is 6.64. The zero-order chi connectivity index (χ0) is 13.0. The Morgan fingerprint density at radius 2 is 2.39 bits per heavy atom. The van der Waals surface area contributed by atoms with Crippen LogP contribution in [0.1, 0.15) is 12.0 Å². The summed E-state index contributed by atoms with van der Waals surface area (Å²) in [5.41, 5.74) is 1.29. The number of aryl methyl sites for hydroxylation is 2. The molecule has 0 bridgehead atoms. The Balaban J connectivity index is 1.84. The Morgan fingerprint density at radius 1 is 1.56 bits per heavy atom. The Morgan fingerprint density at radius 3 is 3.00 bits per heavy atom. The Labute approximate surface area is 109 Å². The van der Waals surface area contributed by atoms with Crippen molar-refractivity contribution in [2.24, 2.45) is 7.05 Å². The van der Waals surface area contributed by atoms with Gasteiger partial charge in [0, 0.05) is 32.4 Å². The highest BCUT2D eigenvalue weighted by Gasteiger charge is 2.25. The molecule has 0 radical (unpaired) electrons. The van der Waals surface area contributed by atoms with E-state index in [0.717, 1.165) is 32.5 Å². The predicted molar refractivity (Wildman–Crippen MR) is 71.6 cm³/mol. The average molecular weight is 252 g/mol. The summed E-state index contributed by atoms with van der Waals surface area (Å²) in [6, 6.07) is 0.410. The largest absolute Gasteiger partial charge is 0.374 e. The number of likely N-dealkylation sites (N-methyl/N-ethyl adjacent to an activating group) is 2. The van der Waals surface area contributed by atoms with E-state index < -0.39 is 0 Å². The molecule has 1 aromatic heterocycles. The molecule has 2 atom stereocenters. The molecule has 0 spiro atoms. The number of hydrogen-bond acceptors (Lipinski definition) is 4. The van der Waals surface area contributed by atoms with E-state index in [4.69, 9.17) is 4.74 Å². The predicted octanol–water partition coefficient (Wildman–Crippen LogP) is 0.271. The maximum Gasteiger partial charge on any atom is 0.0855 e. The van der Waals surface area contributed by atoms with Crippen molar-refractivity contribution in [3.8, 4) is 0 Å². The van der Waals surface area contributed by atoms with E-state index in [1.807, 2.05) is 25.0 Å². The molecule has 1 aromatic rings. The van der Waals surface area contributed by atoms with Crippen LogP contribution >= 0.6 is 0 Å². The van der Waals surface area contributed by atoms with Gasteiger partial charge in [-0.3, -0.25) is 4.68 Å². The minimum atomic E-state index is 0.297. The number of ether oxygens (including phenoxy) is 1. The fourth-order valence-corrected chi connectivity index (χ4v) is 2.49. The van der Waals surface area contributed by atoms with Gasteiger partial charge in [-0.15, -0.1) is 0 Å². The van der Waals surface area contributed by atoms with Gasteiger partial charge >= 0.3 is 0 Å². The smallest absolute Gasteiger partial charge is 0.0855 e. The quantitative estimate of drug-likeness (QED) is 0.817. The third kappa shape index (κ3) is 3.54. The van der Waals surface area contributed by atoms with Crippen molar-refractivity contribution in [2.45, 2.75) is 25.0 Å². The van der Waals surface area contributed by atoms with Gasteiger partial charge in [-0.1, -0.05) is 0 Å². The van der Waals surface area contributed by atoms with Gasteiger partial charge in [-0.2, -0.15) is 5.10 Å². The molecule has 0 aliphatic carbocycles. The molecule has 0 saturated carbocycles. The summed E-state index contributed by atoms with van der Waals surface area (Å²) in [5.74, 6) is 0. The molecule has 18 heavy (non-hydrogen) atoms. The maximum atomic E-state index is 5.87. The third-order valence-corrected chi connectivity index (χ3v) is 3.62. The molecule has 0 aromatic carbocycles. The van der Waals surface area contributed by atoms with Gasteiger partial charge in [0.1, 0.15) is 0 Å². The SMILES string of the molecule is CNC(CCc1cnn(C)c1)C1CN(C)CCO1. The van der Waals surface area contributed by atoms with Crippen LogP contribution in [-0.2, 0) is 18.2 Å². The fourth-order valence-electron chi connectivity index (χ4n) is 2.49. The second-order valence-corrected chi connectivity index (χ2v) is 5.13. The van der Waals surface area contributed by atoms with Crippen molar-refractivity contribution in [2.75, 3.05) is 33.8 Å². The van der Waals surface area contributed by atoms with Gasteiger partial charge in [0.2, 0.25) is 0 Å². The van der Waals surface area contributed by atoms with E-state index in [-0.39, 0.29) is 0 Å². The lowest BCUT2D eigenvalue weighted by atomic mass is 10.0. The van der Waals surface area contributed by atoms with E-state index >= 15 is 0 Å². The molecule has 102 valence electrons. The summed E-state index contributed by atoms with van der Waals surface area (Å²) in [5, 5.41) is 7.59. The van der Waals surface area contributed by atoms with Crippen LogP contribution in [0.25, 0.3) is 0 Å². The van der Waals surface area contributed by atoms with Crippen LogP contribution in [0.2, 0.25) is 0 Å². The molecule has 2 heterocycles. The molecule has 1 aliphatic heterocycles. The normalized spacial score (nSPS) is 23.2. The highest BCUT2D eigenvalue weighted by molar-refractivity contribution is 5.04. The van der Waals surface area contributed by atoms with Crippen LogP contribution in [0.15, 0.2) is 12.4 Å². The van der Waals surface area contributed by atoms with Gasteiger partial charge in [0.25, 0.3) is 0 Å². The lowest BCUT2D eigenvalue weighted by Gasteiger charge is -2.35. The van der Waals surface area contributed by atoms with Crippen molar-refractivity contribution < 1.29 is 4.74 Å². The maximum absolute atomic E-state index is 5.87. The zero-order valence-corrected chi connectivity index (χ0v) is 11.6. The summed E-state index contributed by atoms with van der Waals surface area (Å²) in [6.45, 7) is 2.89. The van der Waals surface area contributed by atoms with E-state index in [9.17, 15) is 0 Å². The summed E-state index contributed by atoms with van der Waals surface area (Å²) < 4.78 is 7.73. The molecule has 0 amide bonds. The van der Waals surface area contributed by atoms with E-state index in [1.54, 1.807) is 0 Å². The van der Waals surface area contributed by atoms with E-state index in [0.29, 0.717) is 12.1 Å². The van der Waals surface area contributed by atoms with Crippen LogP contribution in [0.5, 0.6) is 0 Å². The zero-order valence-electron chi connectivity index (χ0n) is 11.6. The first kappa shape index (κ1) is 13.5.